The molecule has 2 atom stereocenters. The summed E-state index contributed by atoms with van der Waals surface area (Å²) in [5.74, 6) is 0.0201. The van der Waals surface area contributed by atoms with Gasteiger partial charge in [0.1, 0.15) is 0 Å². The molecular formula is C12H14BrNO4. The Labute approximate surface area is 113 Å². The van der Waals surface area contributed by atoms with Crippen molar-refractivity contribution in [3.63, 3.8) is 0 Å². The van der Waals surface area contributed by atoms with Gasteiger partial charge in [0.05, 0.1) is 12.6 Å². The van der Waals surface area contributed by atoms with E-state index in [2.05, 4.69) is 20.8 Å². The Hall–Kier alpha value is -1.11. The number of carbonyl (C=O) groups is 1. The van der Waals surface area contributed by atoms with Gasteiger partial charge in [0.15, 0.2) is 0 Å². The van der Waals surface area contributed by atoms with Crippen molar-refractivity contribution >= 4 is 22.1 Å². The third-order valence-electron chi connectivity index (χ3n) is 3.05. The van der Waals surface area contributed by atoms with Gasteiger partial charge in [-0.3, -0.25) is 0 Å². The Morgan fingerprint density at radius 2 is 2.06 bits per heavy atom. The Bertz CT molecular complexity index is 423. The number of halogens is 1. The minimum atomic E-state index is -1.34. The number of β-amino-alcohol motifs (C(OH)–C–C–N with tert-alkyl or cyclic N) is 1. The molecule has 1 fully saturated rings. The molecular weight excluding hydrogens is 302 g/mol. The van der Waals surface area contributed by atoms with Crippen LogP contribution in [0.25, 0.3) is 0 Å². The summed E-state index contributed by atoms with van der Waals surface area (Å²) in [6, 6.07) is 7.79. The highest BCUT2D eigenvalue weighted by Gasteiger charge is 2.30. The van der Waals surface area contributed by atoms with Gasteiger partial charge in [0.2, 0.25) is 0 Å². The van der Waals surface area contributed by atoms with Crippen molar-refractivity contribution in [3.8, 4) is 0 Å². The van der Waals surface area contributed by atoms with Crippen LogP contribution in [0.4, 0.5) is 4.79 Å². The fourth-order valence-corrected chi connectivity index (χ4v) is 2.46. The first-order valence-corrected chi connectivity index (χ1v) is 6.45. The molecule has 6 heteroatoms. The number of aliphatic hydroxyl groups is 1. The number of hydrogen-bond acceptors (Lipinski definition) is 4. The van der Waals surface area contributed by atoms with E-state index < -0.39 is 12.3 Å². The van der Waals surface area contributed by atoms with Crippen LogP contribution in [-0.4, -0.2) is 40.6 Å². The van der Waals surface area contributed by atoms with E-state index >= 15 is 0 Å². The molecule has 98 valence electrons. The number of piperidine rings is 1. The molecule has 0 spiro atoms. The van der Waals surface area contributed by atoms with E-state index in [1.165, 1.54) is 5.06 Å². The minimum Gasteiger partial charge on any atom is -0.448 e. The Kier molecular flexibility index (Phi) is 4.21. The predicted octanol–water partition coefficient (Wildman–Crippen LogP) is 2.21. The second-order valence-electron chi connectivity index (χ2n) is 4.26. The Morgan fingerprint density at radius 3 is 2.61 bits per heavy atom. The van der Waals surface area contributed by atoms with Crippen LogP contribution in [0.15, 0.2) is 28.7 Å². The quantitative estimate of drug-likeness (QED) is 0.875. The second-order valence-corrected chi connectivity index (χ2v) is 5.17. The molecule has 1 saturated heterocycles. The van der Waals surface area contributed by atoms with E-state index in [0.717, 1.165) is 10.0 Å². The largest absolute Gasteiger partial charge is 0.525 e. The number of aliphatic hydroxyl groups excluding tert-OH is 1. The summed E-state index contributed by atoms with van der Waals surface area (Å²) in [6.45, 7) is 0.692. The van der Waals surface area contributed by atoms with E-state index in [0.29, 0.717) is 13.0 Å². The highest BCUT2D eigenvalue weighted by Crippen LogP contribution is 2.29. The molecule has 0 bridgehead atoms. The summed E-state index contributed by atoms with van der Waals surface area (Å²) in [4.78, 5) is 15.0. The lowest BCUT2D eigenvalue weighted by Crippen LogP contribution is -2.43. The minimum absolute atomic E-state index is 0.0201. The van der Waals surface area contributed by atoms with E-state index in [-0.39, 0.29) is 12.5 Å². The smallest absolute Gasteiger partial charge is 0.448 e. The van der Waals surface area contributed by atoms with Crippen LogP contribution in [-0.2, 0) is 4.84 Å². The lowest BCUT2D eigenvalue weighted by Gasteiger charge is -2.34. The van der Waals surface area contributed by atoms with Gasteiger partial charge in [-0.1, -0.05) is 28.1 Å². The maximum absolute atomic E-state index is 10.4. The SMILES string of the molecule is O=C(O)ON1CCC(c2ccc(Br)cc2)C(O)C1. The highest BCUT2D eigenvalue weighted by atomic mass is 79.9. The fraction of sp³-hybridized carbons (Fsp3) is 0.417. The summed E-state index contributed by atoms with van der Waals surface area (Å²) in [6.07, 6.45) is -1.31. The molecule has 2 N–H and O–H groups in total. The average Bonchev–Trinajstić information content (AvgIpc) is 2.30. The fourth-order valence-electron chi connectivity index (χ4n) is 2.19. The zero-order valence-electron chi connectivity index (χ0n) is 9.62. The molecule has 5 nitrogen and oxygen atoms in total. The number of benzene rings is 1. The van der Waals surface area contributed by atoms with Gasteiger partial charge in [-0.25, -0.2) is 4.79 Å². The van der Waals surface area contributed by atoms with Crippen molar-refractivity contribution in [1.29, 1.82) is 0 Å². The van der Waals surface area contributed by atoms with Gasteiger partial charge in [0.25, 0.3) is 0 Å². The van der Waals surface area contributed by atoms with Crippen LogP contribution in [0.5, 0.6) is 0 Å². The van der Waals surface area contributed by atoms with Crippen molar-refractivity contribution in [3.05, 3.63) is 34.3 Å². The van der Waals surface area contributed by atoms with Crippen molar-refractivity contribution in [1.82, 2.24) is 5.06 Å². The summed E-state index contributed by atoms with van der Waals surface area (Å²) >= 11 is 3.37. The zero-order valence-corrected chi connectivity index (χ0v) is 11.2. The molecule has 0 radical (unpaired) electrons. The molecule has 1 aromatic carbocycles. The second kappa shape index (κ2) is 5.69. The van der Waals surface area contributed by atoms with E-state index in [9.17, 15) is 9.90 Å². The maximum Gasteiger partial charge on any atom is 0.525 e. The summed E-state index contributed by atoms with van der Waals surface area (Å²) < 4.78 is 0.993. The van der Waals surface area contributed by atoms with Gasteiger partial charge in [-0.05, 0) is 24.1 Å². The average molecular weight is 316 g/mol. The topological polar surface area (TPSA) is 70.0 Å². The van der Waals surface area contributed by atoms with E-state index in [1.807, 2.05) is 24.3 Å². The zero-order chi connectivity index (χ0) is 13.1. The maximum atomic E-state index is 10.4. The predicted molar refractivity (Wildman–Crippen MR) is 68.2 cm³/mol. The number of rotatable bonds is 2. The number of nitrogens with zero attached hydrogens (tertiary/aromatic N) is 1. The molecule has 0 saturated carbocycles. The Morgan fingerprint density at radius 1 is 1.39 bits per heavy atom. The van der Waals surface area contributed by atoms with Crippen molar-refractivity contribution in [2.24, 2.45) is 0 Å². The van der Waals surface area contributed by atoms with Crippen LogP contribution < -0.4 is 0 Å². The van der Waals surface area contributed by atoms with Gasteiger partial charge in [0, 0.05) is 16.9 Å². The number of hydroxylamine groups is 2. The van der Waals surface area contributed by atoms with Crippen molar-refractivity contribution in [2.75, 3.05) is 13.1 Å². The van der Waals surface area contributed by atoms with Crippen molar-refractivity contribution in [2.45, 2.75) is 18.4 Å². The molecule has 0 aromatic heterocycles. The number of carboxylic acid groups (broad SMARTS) is 1. The molecule has 0 amide bonds. The summed E-state index contributed by atoms with van der Waals surface area (Å²) in [5, 5.41) is 19.8. The standard InChI is InChI=1S/C12H14BrNO4/c13-9-3-1-8(2-4-9)10-5-6-14(7-11(10)15)18-12(16)17/h1-4,10-11,15H,5-7H2,(H,16,17). The molecule has 2 rings (SSSR count). The lowest BCUT2D eigenvalue weighted by molar-refractivity contribution is -0.154. The van der Waals surface area contributed by atoms with Crippen LogP contribution in [0.2, 0.25) is 0 Å². The van der Waals surface area contributed by atoms with Crippen molar-refractivity contribution < 1.29 is 19.8 Å². The monoisotopic (exact) mass is 315 g/mol. The van der Waals surface area contributed by atoms with Gasteiger partial charge in [-0.15, -0.1) is 5.06 Å². The molecule has 1 aliphatic rings. The van der Waals surface area contributed by atoms with Gasteiger partial charge < -0.3 is 15.1 Å². The highest BCUT2D eigenvalue weighted by molar-refractivity contribution is 9.10. The first kappa shape index (κ1) is 13.3. The third kappa shape index (κ3) is 3.22. The van der Waals surface area contributed by atoms with Crippen LogP contribution in [0.1, 0.15) is 17.9 Å². The molecule has 2 unspecified atom stereocenters. The van der Waals surface area contributed by atoms with Gasteiger partial charge in [-0.2, -0.15) is 0 Å². The summed E-state index contributed by atoms with van der Waals surface area (Å²) in [5.41, 5.74) is 1.06. The van der Waals surface area contributed by atoms with Crippen LogP contribution in [0, 0.1) is 0 Å². The molecule has 1 aliphatic heterocycles. The number of hydrogen-bond donors (Lipinski definition) is 2. The normalized spacial score (nSPS) is 24.8. The van der Waals surface area contributed by atoms with Crippen LogP contribution in [0.3, 0.4) is 0 Å². The first-order chi connectivity index (χ1) is 8.56. The molecule has 18 heavy (non-hydrogen) atoms. The van der Waals surface area contributed by atoms with Crippen LogP contribution >= 0.6 is 15.9 Å². The molecule has 1 heterocycles. The Balaban J connectivity index is 2.01. The molecule has 1 aromatic rings. The lowest BCUT2D eigenvalue weighted by atomic mass is 9.88. The third-order valence-corrected chi connectivity index (χ3v) is 3.58. The van der Waals surface area contributed by atoms with E-state index in [1.54, 1.807) is 0 Å². The van der Waals surface area contributed by atoms with E-state index in [4.69, 9.17) is 5.11 Å². The first-order valence-electron chi connectivity index (χ1n) is 5.65. The molecule has 0 aliphatic carbocycles. The van der Waals surface area contributed by atoms with Gasteiger partial charge >= 0.3 is 6.16 Å². The summed E-state index contributed by atoms with van der Waals surface area (Å²) in [7, 11) is 0.